The Morgan fingerprint density at radius 3 is 2.54 bits per heavy atom. The summed E-state index contributed by atoms with van der Waals surface area (Å²) in [5.74, 6) is -2.48. The quantitative estimate of drug-likeness (QED) is 0.692. The Hall–Kier alpha value is -3.53. The van der Waals surface area contributed by atoms with Crippen molar-refractivity contribution < 1.29 is 18.8 Å². The standard InChI is InChI=1S/C17H10FN3O3/c18-14-4-2-1-3-12(14)15(22)20-10-5-6-11-13(9-10)17(24)21(8-7-19)16(11)23/h1-6,9H,8H2,(H,20,22). The summed E-state index contributed by atoms with van der Waals surface area (Å²) in [4.78, 5) is 37.1. The Balaban J connectivity index is 1.88. The lowest BCUT2D eigenvalue weighted by atomic mass is 10.1. The molecule has 0 unspecified atom stereocenters. The van der Waals surface area contributed by atoms with Gasteiger partial charge >= 0.3 is 0 Å². The molecule has 2 aromatic carbocycles. The summed E-state index contributed by atoms with van der Waals surface area (Å²) in [7, 11) is 0. The summed E-state index contributed by atoms with van der Waals surface area (Å²) in [5, 5.41) is 11.2. The van der Waals surface area contributed by atoms with Crippen LogP contribution in [-0.4, -0.2) is 29.2 Å². The lowest BCUT2D eigenvalue weighted by Gasteiger charge is -2.07. The fourth-order valence-corrected chi connectivity index (χ4v) is 2.43. The van der Waals surface area contributed by atoms with E-state index in [1.54, 1.807) is 6.07 Å². The highest BCUT2D eigenvalue weighted by Crippen LogP contribution is 2.26. The number of fused-ring (bicyclic) bond motifs is 1. The van der Waals surface area contributed by atoms with Crippen LogP contribution in [0.15, 0.2) is 42.5 Å². The average molecular weight is 323 g/mol. The molecule has 0 bridgehead atoms. The van der Waals surface area contributed by atoms with Crippen LogP contribution in [0, 0.1) is 17.1 Å². The molecule has 1 aliphatic heterocycles. The molecule has 0 atom stereocenters. The molecule has 1 N–H and O–H groups in total. The maximum absolute atomic E-state index is 13.6. The Morgan fingerprint density at radius 1 is 1.12 bits per heavy atom. The van der Waals surface area contributed by atoms with E-state index in [-0.39, 0.29) is 28.9 Å². The van der Waals surface area contributed by atoms with Gasteiger partial charge in [0.25, 0.3) is 17.7 Å². The van der Waals surface area contributed by atoms with Crippen molar-refractivity contribution in [3.63, 3.8) is 0 Å². The second kappa shape index (κ2) is 5.93. The molecule has 0 aromatic heterocycles. The molecular formula is C17H10FN3O3. The van der Waals surface area contributed by atoms with Crippen LogP contribution in [0.3, 0.4) is 0 Å². The molecule has 0 saturated heterocycles. The number of hydrogen-bond acceptors (Lipinski definition) is 4. The third kappa shape index (κ3) is 2.50. The molecule has 24 heavy (non-hydrogen) atoms. The zero-order valence-corrected chi connectivity index (χ0v) is 12.2. The number of anilines is 1. The van der Waals surface area contributed by atoms with Gasteiger partial charge < -0.3 is 5.32 Å². The molecule has 0 saturated carbocycles. The minimum absolute atomic E-state index is 0.0987. The summed E-state index contributed by atoms with van der Waals surface area (Å²) in [5.41, 5.74) is 0.384. The van der Waals surface area contributed by atoms with Crippen molar-refractivity contribution in [3.05, 3.63) is 65.0 Å². The molecule has 3 amide bonds. The lowest BCUT2D eigenvalue weighted by molar-refractivity contribution is 0.0673. The second-order valence-corrected chi connectivity index (χ2v) is 5.05. The Labute approximate surface area is 136 Å². The topological polar surface area (TPSA) is 90.3 Å². The molecule has 1 aliphatic rings. The van der Waals surface area contributed by atoms with Crippen LogP contribution < -0.4 is 5.32 Å². The normalized spacial score (nSPS) is 12.8. The maximum Gasteiger partial charge on any atom is 0.262 e. The molecule has 2 aromatic rings. The van der Waals surface area contributed by atoms with Gasteiger partial charge in [-0.05, 0) is 30.3 Å². The number of nitrogens with zero attached hydrogens (tertiary/aromatic N) is 2. The number of imide groups is 1. The van der Waals surface area contributed by atoms with Crippen LogP contribution in [0.2, 0.25) is 0 Å². The molecule has 0 aliphatic carbocycles. The fourth-order valence-electron chi connectivity index (χ4n) is 2.43. The minimum Gasteiger partial charge on any atom is -0.322 e. The van der Waals surface area contributed by atoms with Crippen LogP contribution >= 0.6 is 0 Å². The highest BCUT2D eigenvalue weighted by atomic mass is 19.1. The van der Waals surface area contributed by atoms with Crippen LogP contribution in [0.1, 0.15) is 31.1 Å². The van der Waals surface area contributed by atoms with Gasteiger partial charge in [-0.25, -0.2) is 4.39 Å². The van der Waals surface area contributed by atoms with Crippen molar-refractivity contribution in [2.45, 2.75) is 0 Å². The van der Waals surface area contributed by atoms with Gasteiger partial charge in [0, 0.05) is 5.69 Å². The number of amides is 3. The molecule has 1 heterocycles. The minimum atomic E-state index is -0.668. The van der Waals surface area contributed by atoms with E-state index in [4.69, 9.17) is 5.26 Å². The summed E-state index contributed by atoms with van der Waals surface area (Å²) in [6.45, 7) is -0.344. The molecule has 0 radical (unpaired) electrons. The van der Waals surface area contributed by atoms with Crippen LogP contribution in [0.25, 0.3) is 0 Å². The zero-order valence-electron chi connectivity index (χ0n) is 12.2. The van der Waals surface area contributed by atoms with Crippen molar-refractivity contribution in [2.24, 2.45) is 0 Å². The number of nitriles is 1. The van der Waals surface area contributed by atoms with E-state index in [0.717, 1.165) is 4.90 Å². The van der Waals surface area contributed by atoms with E-state index in [0.29, 0.717) is 0 Å². The van der Waals surface area contributed by atoms with Gasteiger partial charge in [-0.15, -0.1) is 0 Å². The van der Waals surface area contributed by atoms with Gasteiger partial charge in [-0.2, -0.15) is 5.26 Å². The van der Waals surface area contributed by atoms with E-state index >= 15 is 0 Å². The van der Waals surface area contributed by atoms with E-state index in [2.05, 4.69) is 5.32 Å². The Kier molecular flexibility index (Phi) is 3.80. The van der Waals surface area contributed by atoms with Crippen molar-refractivity contribution in [2.75, 3.05) is 11.9 Å². The average Bonchev–Trinajstić information content (AvgIpc) is 2.80. The fraction of sp³-hybridized carbons (Fsp3) is 0.0588. The number of rotatable bonds is 3. The first-order valence-corrected chi connectivity index (χ1v) is 6.96. The highest BCUT2D eigenvalue weighted by molar-refractivity contribution is 6.22. The van der Waals surface area contributed by atoms with Gasteiger partial charge in [0.1, 0.15) is 12.4 Å². The van der Waals surface area contributed by atoms with Crippen LogP contribution in [0.4, 0.5) is 10.1 Å². The van der Waals surface area contributed by atoms with Crippen molar-refractivity contribution in [1.29, 1.82) is 5.26 Å². The summed E-state index contributed by atoms with van der Waals surface area (Å²) < 4.78 is 13.6. The van der Waals surface area contributed by atoms with E-state index in [1.165, 1.54) is 42.5 Å². The summed E-state index contributed by atoms with van der Waals surface area (Å²) >= 11 is 0. The number of nitrogens with one attached hydrogen (secondary N) is 1. The lowest BCUT2D eigenvalue weighted by Crippen LogP contribution is -2.29. The first kappa shape index (κ1) is 15.4. The first-order valence-electron chi connectivity index (χ1n) is 6.96. The van der Waals surface area contributed by atoms with Gasteiger partial charge in [0.05, 0.1) is 22.8 Å². The highest BCUT2D eigenvalue weighted by Gasteiger charge is 2.35. The molecule has 118 valence electrons. The summed E-state index contributed by atoms with van der Waals surface area (Å²) in [6.07, 6.45) is 0. The van der Waals surface area contributed by atoms with Crippen LogP contribution in [0.5, 0.6) is 0 Å². The van der Waals surface area contributed by atoms with E-state index in [1.807, 2.05) is 0 Å². The van der Waals surface area contributed by atoms with E-state index < -0.39 is 23.5 Å². The monoisotopic (exact) mass is 323 g/mol. The smallest absolute Gasteiger partial charge is 0.262 e. The number of halogens is 1. The predicted octanol–water partition coefficient (Wildman–Crippen LogP) is 2.20. The zero-order chi connectivity index (χ0) is 17.3. The number of carbonyl (C=O) groups is 3. The predicted molar refractivity (Wildman–Crippen MR) is 81.8 cm³/mol. The second-order valence-electron chi connectivity index (χ2n) is 5.05. The summed E-state index contributed by atoms with van der Waals surface area (Å²) in [6, 6.07) is 11.4. The molecule has 7 heteroatoms. The first-order chi connectivity index (χ1) is 11.5. The Morgan fingerprint density at radius 2 is 1.83 bits per heavy atom. The molecular weight excluding hydrogens is 313 g/mol. The number of benzene rings is 2. The third-order valence-electron chi connectivity index (χ3n) is 3.58. The SMILES string of the molecule is N#CCN1C(=O)c2ccc(NC(=O)c3ccccc3F)cc2C1=O. The van der Waals surface area contributed by atoms with Crippen molar-refractivity contribution in [3.8, 4) is 6.07 Å². The molecule has 0 spiro atoms. The number of carbonyl (C=O) groups excluding carboxylic acids is 3. The molecule has 3 rings (SSSR count). The maximum atomic E-state index is 13.6. The largest absolute Gasteiger partial charge is 0.322 e. The van der Waals surface area contributed by atoms with Gasteiger partial charge in [-0.3, -0.25) is 19.3 Å². The van der Waals surface area contributed by atoms with Gasteiger partial charge in [0.2, 0.25) is 0 Å². The molecule has 0 fully saturated rings. The molecule has 6 nitrogen and oxygen atoms in total. The van der Waals surface area contributed by atoms with Gasteiger partial charge in [-0.1, -0.05) is 12.1 Å². The third-order valence-corrected chi connectivity index (χ3v) is 3.58. The van der Waals surface area contributed by atoms with Gasteiger partial charge in [0.15, 0.2) is 0 Å². The Bertz CT molecular complexity index is 918. The van der Waals surface area contributed by atoms with Crippen molar-refractivity contribution >= 4 is 23.4 Å². The van der Waals surface area contributed by atoms with Crippen LogP contribution in [-0.2, 0) is 0 Å². The number of hydrogen-bond donors (Lipinski definition) is 1. The van der Waals surface area contributed by atoms with E-state index in [9.17, 15) is 18.8 Å². The van der Waals surface area contributed by atoms with Crippen molar-refractivity contribution in [1.82, 2.24) is 4.90 Å².